The van der Waals surface area contributed by atoms with Crippen molar-refractivity contribution in [2.45, 2.75) is 215 Å². The van der Waals surface area contributed by atoms with Crippen LogP contribution in [0.15, 0.2) is 72.8 Å². The van der Waals surface area contributed by atoms with Gasteiger partial charge in [0.25, 0.3) is 0 Å². The van der Waals surface area contributed by atoms with Crippen molar-refractivity contribution in [1.29, 1.82) is 0 Å². The highest BCUT2D eigenvalue weighted by atomic mass is 16.8. The molecular formula is C72H84O30. The molecule has 15 atom stereocenters. The molecule has 0 spiro atoms. The third-order valence-electron chi connectivity index (χ3n) is 16.4. The summed E-state index contributed by atoms with van der Waals surface area (Å²) in [6, 6.07) is 21.1. The molecule has 3 aliphatic rings. The Hall–Kier alpha value is -10.2. The number of carbonyl (C=O) groups is 12. The van der Waals surface area contributed by atoms with E-state index in [1.54, 1.807) is 75.4 Å². The van der Waals surface area contributed by atoms with Gasteiger partial charge in [-0.25, -0.2) is 0 Å². The minimum atomic E-state index is -2.02. The zero-order chi connectivity index (χ0) is 75.6. The van der Waals surface area contributed by atoms with Gasteiger partial charge in [0.2, 0.25) is 35.7 Å². The Bertz CT molecular complexity index is 3480. The van der Waals surface area contributed by atoms with E-state index in [0.717, 1.165) is 83.1 Å². The number of rotatable bonds is 24. The fraction of sp³-hybridized carbons (Fsp3) is 0.500. The van der Waals surface area contributed by atoms with E-state index in [4.69, 9.17) is 85.3 Å². The van der Waals surface area contributed by atoms with E-state index >= 15 is 0 Å². The SMILES string of the molecule is CC(=O)OC[C@H]1O[C@H](Oc2ccc(-c3cc(-c4ccc(O[C@H]5O[C@H](COC(C)=O)[C@@H](OC(C)=O)[C@H](OC(C)=O)[C@]5(C)OC(C)=O)c(C)c4)cc(-c4ccc(O[C@H]5O[C@H](COC(C)=O)[C@@H](OC(C)=O)[C@H](OC(C)=O)[C@]5(C)OC(C)=O)c(C)c4)c3)cc2C)[C@@](C)(OC(C)=O)[C@@H](OC(C)=O)[C@@H]1OC(C)=O. The number of benzene rings is 4. The molecule has 3 heterocycles. The molecule has 0 aromatic heterocycles. The van der Waals surface area contributed by atoms with Gasteiger partial charge in [0, 0.05) is 83.1 Å². The van der Waals surface area contributed by atoms with Gasteiger partial charge in [-0.2, -0.15) is 0 Å². The molecule has 0 bridgehead atoms. The second-order valence-corrected chi connectivity index (χ2v) is 25.2. The molecule has 3 fully saturated rings. The van der Waals surface area contributed by atoms with E-state index in [1.165, 1.54) is 20.8 Å². The summed E-state index contributed by atoms with van der Waals surface area (Å²) >= 11 is 0. The zero-order valence-corrected chi connectivity index (χ0v) is 59.7. The molecule has 0 amide bonds. The van der Waals surface area contributed by atoms with E-state index in [2.05, 4.69) is 0 Å². The molecule has 552 valence electrons. The summed E-state index contributed by atoms with van der Waals surface area (Å²) in [5.74, 6) is -9.20. The van der Waals surface area contributed by atoms with Crippen LogP contribution in [0.3, 0.4) is 0 Å². The van der Waals surface area contributed by atoms with Crippen LogP contribution in [0.1, 0.15) is 121 Å². The molecule has 30 nitrogen and oxygen atoms in total. The summed E-state index contributed by atoms with van der Waals surface area (Å²) in [5.41, 5.74) is -0.934. The highest BCUT2D eigenvalue weighted by Gasteiger charge is 2.64. The Labute approximate surface area is 587 Å². The Kier molecular flexibility index (Phi) is 25.7. The lowest BCUT2D eigenvalue weighted by molar-refractivity contribution is -0.321. The summed E-state index contributed by atoms with van der Waals surface area (Å²) in [4.78, 5) is 151. The fourth-order valence-corrected chi connectivity index (χ4v) is 12.2. The zero-order valence-electron chi connectivity index (χ0n) is 59.7. The maximum Gasteiger partial charge on any atom is 0.303 e. The van der Waals surface area contributed by atoms with Crippen molar-refractivity contribution in [1.82, 2.24) is 0 Å². The summed E-state index contributed by atoms with van der Waals surface area (Å²) in [6.45, 7) is 21.1. The van der Waals surface area contributed by atoms with Gasteiger partial charge < -0.3 is 85.3 Å². The van der Waals surface area contributed by atoms with E-state index in [0.29, 0.717) is 50.1 Å². The first kappa shape index (κ1) is 79.1. The van der Waals surface area contributed by atoms with Crippen molar-refractivity contribution in [2.24, 2.45) is 0 Å². The summed E-state index contributed by atoms with van der Waals surface area (Å²) in [7, 11) is 0. The second-order valence-electron chi connectivity index (χ2n) is 25.2. The lowest BCUT2D eigenvalue weighted by atomic mass is 9.87. The monoisotopic (exact) mass is 1430 g/mol. The Balaban J connectivity index is 1.36. The van der Waals surface area contributed by atoms with Crippen LogP contribution in [0, 0.1) is 20.8 Å². The summed E-state index contributed by atoms with van der Waals surface area (Å²) in [6.07, 6.45) is -18.0. The van der Waals surface area contributed by atoms with Gasteiger partial charge in [-0.3, -0.25) is 57.5 Å². The number of ether oxygens (including phenoxy) is 18. The van der Waals surface area contributed by atoms with Crippen molar-refractivity contribution >= 4 is 71.6 Å². The average Bonchev–Trinajstić information content (AvgIpc) is 0.833. The van der Waals surface area contributed by atoms with Crippen LogP contribution in [-0.2, 0) is 129 Å². The first-order valence-electron chi connectivity index (χ1n) is 32.2. The molecule has 102 heavy (non-hydrogen) atoms. The molecular weight excluding hydrogens is 1340 g/mol. The van der Waals surface area contributed by atoms with Crippen molar-refractivity contribution in [2.75, 3.05) is 19.8 Å². The van der Waals surface area contributed by atoms with Crippen LogP contribution in [0.5, 0.6) is 17.2 Å². The van der Waals surface area contributed by atoms with Gasteiger partial charge in [0.1, 0.15) is 55.4 Å². The highest BCUT2D eigenvalue weighted by Crippen LogP contribution is 2.45. The lowest BCUT2D eigenvalue weighted by Gasteiger charge is -2.49. The number of hydrogen-bond donors (Lipinski definition) is 0. The number of aryl methyl sites for hydroxylation is 3. The van der Waals surface area contributed by atoms with Crippen LogP contribution in [-0.4, -0.2) is 182 Å². The van der Waals surface area contributed by atoms with Crippen molar-refractivity contribution in [3.63, 3.8) is 0 Å². The normalized spacial score (nSPS) is 26.5. The number of carbonyl (C=O) groups excluding carboxylic acids is 12. The van der Waals surface area contributed by atoms with Crippen LogP contribution >= 0.6 is 0 Å². The molecule has 0 N–H and O–H groups in total. The second kappa shape index (κ2) is 33.1. The summed E-state index contributed by atoms with van der Waals surface area (Å²) < 4.78 is 106. The number of hydrogen-bond acceptors (Lipinski definition) is 30. The predicted molar refractivity (Wildman–Crippen MR) is 349 cm³/mol. The first-order valence-corrected chi connectivity index (χ1v) is 32.2. The molecule has 4 aromatic rings. The predicted octanol–water partition coefficient (Wildman–Crippen LogP) is 7.17. The largest absolute Gasteiger partial charge is 0.463 e. The smallest absolute Gasteiger partial charge is 0.303 e. The Morgan fingerprint density at radius 3 is 0.716 bits per heavy atom. The molecule has 0 unspecified atom stereocenters. The summed E-state index contributed by atoms with van der Waals surface area (Å²) in [5, 5.41) is 0. The van der Waals surface area contributed by atoms with Gasteiger partial charge in [-0.05, 0) is 146 Å². The van der Waals surface area contributed by atoms with Gasteiger partial charge in [-0.1, -0.05) is 18.2 Å². The van der Waals surface area contributed by atoms with E-state index < -0.39 is 182 Å². The van der Waals surface area contributed by atoms with Gasteiger partial charge >= 0.3 is 71.6 Å². The van der Waals surface area contributed by atoms with Crippen molar-refractivity contribution < 1.29 is 143 Å². The molecule has 0 saturated carbocycles. The third-order valence-corrected chi connectivity index (χ3v) is 16.4. The van der Waals surface area contributed by atoms with E-state index in [9.17, 15) is 57.5 Å². The van der Waals surface area contributed by atoms with E-state index in [-0.39, 0.29) is 17.2 Å². The minimum Gasteiger partial charge on any atom is -0.463 e. The third kappa shape index (κ3) is 19.5. The molecule has 3 aliphatic heterocycles. The van der Waals surface area contributed by atoms with Crippen LogP contribution in [0.2, 0.25) is 0 Å². The molecule has 30 heteroatoms. The van der Waals surface area contributed by atoms with Gasteiger partial charge in [-0.15, -0.1) is 0 Å². The standard InChI is InChI=1S/C72H84O30/c1-34-25-49(19-22-55(34)94-67-70(16,100-46(13)82)64(91-43(10)79)61(88-40(7)76)58(97-67)31-85-37(4)73)52-28-53(50-20-23-56(35(2)26-50)95-68-71(17,101-47(14)83)65(92-44(11)80)62(89-41(8)77)59(98-68)32-86-38(5)74)30-54(29-52)51-21-24-57(36(3)27-51)96-69-72(18,102-48(15)84)66(93-45(12)81)63(90-42(9)78)60(99-69)33-87-39(6)75/h19-30,58-69H,31-33H2,1-18H3/t58-,59-,60-,61-,62-,63-,64+,65+,66+,67+,68+,69+,70+,71+,72+/m1/s1. The maximum absolute atomic E-state index is 12.9. The fourth-order valence-electron chi connectivity index (χ4n) is 12.2. The van der Waals surface area contributed by atoms with E-state index in [1.807, 2.05) is 18.2 Å². The maximum atomic E-state index is 12.9. The molecule has 4 aromatic carbocycles. The van der Waals surface area contributed by atoms with Gasteiger partial charge in [0.05, 0.1) is 0 Å². The molecule has 0 aliphatic carbocycles. The Morgan fingerprint density at radius 1 is 0.304 bits per heavy atom. The number of esters is 12. The highest BCUT2D eigenvalue weighted by molar-refractivity contribution is 5.83. The lowest BCUT2D eigenvalue weighted by Crippen LogP contribution is -2.70. The van der Waals surface area contributed by atoms with Crippen molar-refractivity contribution in [3.8, 4) is 50.6 Å². The minimum absolute atomic E-state index is 0.172. The first-order chi connectivity index (χ1) is 47.7. The molecule has 0 radical (unpaired) electrons. The van der Waals surface area contributed by atoms with Crippen LogP contribution < -0.4 is 14.2 Å². The molecule has 7 rings (SSSR count). The quantitative estimate of drug-likeness (QED) is 0.0495. The Morgan fingerprint density at radius 2 is 0.529 bits per heavy atom. The van der Waals surface area contributed by atoms with Crippen LogP contribution in [0.25, 0.3) is 33.4 Å². The van der Waals surface area contributed by atoms with Crippen molar-refractivity contribution in [3.05, 3.63) is 89.5 Å². The average molecular weight is 1430 g/mol. The topological polar surface area (TPSA) is 371 Å². The molecule has 3 saturated heterocycles. The van der Waals surface area contributed by atoms with Gasteiger partial charge in [0.15, 0.2) is 36.6 Å². The van der Waals surface area contributed by atoms with Crippen LogP contribution in [0.4, 0.5) is 0 Å².